The molecule has 0 unspecified atom stereocenters. The molecule has 6 rings (SSSR count). The molecule has 1 aromatic heterocycles. The zero-order chi connectivity index (χ0) is 27.6. The second kappa shape index (κ2) is 11.2. The number of hydrogen-bond acceptors (Lipinski definition) is 6. The highest BCUT2D eigenvalue weighted by Crippen LogP contribution is 2.48. The van der Waals surface area contributed by atoms with E-state index < -0.39 is 0 Å². The van der Waals surface area contributed by atoms with Gasteiger partial charge in [-0.1, -0.05) is 79.8 Å². The SMILES string of the molecule is COc1ccc(-c2nnc(SCC(=O)N3c4ccccc4Sc4ccccc43)n2-c2ccccc2C(C)C)cc1. The second-order valence-electron chi connectivity index (χ2n) is 9.64. The van der Waals surface area contributed by atoms with Gasteiger partial charge in [-0.3, -0.25) is 14.3 Å². The van der Waals surface area contributed by atoms with Crippen molar-refractivity contribution in [3.8, 4) is 22.8 Å². The molecule has 6 nitrogen and oxygen atoms in total. The minimum atomic E-state index is -0.0112. The first kappa shape index (κ1) is 26.2. The number of aromatic nitrogens is 3. The van der Waals surface area contributed by atoms with Crippen molar-refractivity contribution in [3.63, 3.8) is 0 Å². The molecular weight excluding hydrogens is 537 g/mol. The van der Waals surface area contributed by atoms with Crippen LogP contribution in [0.25, 0.3) is 17.1 Å². The summed E-state index contributed by atoms with van der Waals surface area (Å²) in [6.07, 6.45) is 0. The van der Waals surface area contributed by atoms with E-state index >= 15 is 0 Å². The molecule has 1 amide bonds. The van der Waals surface area contributed by atoms with E-state index in [1.54, 1.807) is 18.9 Å². The maximum Gasteiger partial charge on any atom is 0.242 e. The predicted octanol–water partition coefficient (Wildman–Crippen LogP) is 7.99. The van der Waals surface area contributed by atoms with Crippen molar-refractivity contribution in [3.05, 3.63) is 103 Å². The summed E-state index contributed by atoms with van der Waals surface area (Å²) in [6, 6.07) is 32.2. The van der Waals surface area contributed by atoms with Crippen molar-refractivity contribution < 1.29 is 9.53 Å². The number of methoxy groups -OCH3 is 1. The van der Waals surface area contributed by atoms with E-state index in [9.17, 15) is 4.79 Å². The lowest BCUT2D eigenvalue weighted by Crippen LogP contribution is -2.30. The molecule has 0 atom stereocenters. The van der Waals surface area contributed by atoms with Crippen LogP contribution in [0.2, 0.25) is 0 Å². The largest absolute Gasteiger partial charge is 0.497 e. The maximum absolute atomic E-state index is 13.9. The van der Waals surface area contributed by atoms with Gasteiger partial charge in [-0.2, -0.15) is 0 Å². The lowest BCUT2D eigenvalue weighted by molar-refractivity contribution is -0.115. The van der Waals surface area contributed by atoms with Gasteiger partial charge in [0.2, 0.25) is 5.91 Å². The molecule has 0 N–H and O–H groups in total. The standard InChI is InChI=1S/C32H28N4O2S2/c1-21(2)24-10-4-5-11-25(24)36-31(22-16-18-23(38-3)19-17-22)33-34-32(36)39-20-30(37)35-26-12-6-8-14-28(26)40-29-15-9-7-13-27(29)35/h4-19,21H,20H2,1-3H3. The van der Waals surface area contributed by atoms with Gasteiger partial charge in [-0.25, -0.2) is 0 Å². The van der Waals surface area contributed by atoms with Gasteiger partial charge in [0.05, 0.1) is 29.9 Å². The molecule has 0 fully saturated rings. The first-order valence-corrected chi connectivity index (χ1v) is 14.9. The summed E-state index contributed by atoms with van der Waals surface area (Å²) >= 11 is 3.09. The summed E-state index contributed by atoms with van der Waals surface area (Å²) in [5.74, 6) is 1.98. The number of anilines is 2. The van der Waals surface area contributed by atoms with Crippen LogP contribution in [-0.2, 0) is 4.79 Å². The fourth-order valence-corrected chi connectivity index (χ4v) is 6.70. The van der Waals surface area contributed by atoms with E-state index in [2.05, 4.69) is 58.9 Å². The Morgan fingerprint density at radius 3 is 2.05 bits per heavy atom. The number of amides is 1. The topological polar surface area (TPSA) is 60.3 Å². The smallest absolute Gasteiger partial charge is 0.242 e. The van der Waals surface area contributed by atoms with Crippen LogP contribution in [0.3, 0.4) is 0 Å². The number of fused-ring (bicyclic) bond motifs is 2. The Hall–Kier alpha value is -4.01. The minimum absolute atomic E-state index is 0.0112. The molecule has 200 valence electrons. The van der Waals surface area contributed by atoms with E-state index in [1.165, 1.54) is 17.3 Å². The number of hydrogen-bond donors (Lipinski definition) is 0. The summed E-state index contributed by atoms with van der Waals surface area (Å²) in [6.45, 7) is 4.35. The van der Waals surface area contributed by atoms with Gasteiger partial charge in [-0.05, 0) is 66.1 Å². The third-order valence-corrected chi connectivity index (χ3v) is 8.83. The fourth-order valence-electron chi connectivity index (χ4n) is 4.85. The van der Waals surface area contributed by atoms with Crippen molar-refractivity contribution >= 4 is 40.8 Å². The van der Waals surface area contributed by atoms with Crippen LogP contribution < -0.4 is 9.64 Å². The first-order chi connectivity index (χ1) is 19.5. The van der Waals surface area contributed by atoms with Crippen molar-refractivity contribution in [2.24, 2.45) is 0 Å². The zero-order valence-electron chi connectivity index (χ0n) is 22.4. The number of thioether (sulfide) groups is 1. The van der Waals surface area contributed by atoms with Crippen molar-refractivity contribution in [2.45, 2.75) is 34.7 Å². The van der Waals surface area contributed by atoms with Crippen LogP contribution in [0.5, 0.6) is 5.75 Å². The molecular formula is C32H28N4O2S2. The average molecular weight is 565 g/mol. The third kappa shape index (κ3) is 4.89. The molecule has 1 aliphatic heterocycles. The van der Waals surface area contributed by atoms with Gasteiger partial charge >= 0.3 is 0 Å². The molecule has 0 bridgehead atoms. The Balaban J connectivity index is 1.38. The number of benzene rings is 4. The van der Waals surface area contributed by atoms with Gasteiger partial charge in [0.25, 0.3) is 0 Å². The van der Waals surface area contributed by atoms with E-state index in [0.29, 0.717) is 11.1 Å². The van der Waals surface area contributed by atoms with Gasteiger partial charge < -0.3 is 4.74 Å². The molecule has 0 spiro atoms. The van der Waals surface area contributed by atoms with Crippen LogP contribution >= 0.6 is 23.5 Å². The lowest BCUT2D eigenvalue weighted by atomic mass is 10.0. The normalized spacial score (nSPS) is 12.2. The van der Waals surface area contributed by atoms with Crippen LogP contribution in [0.15, 0.2) is 112 Å². The van der Waals surface area contributed by atoms with Gasteiger partial charge in [0.1, 0.15) is 5.75 Å². The molecule has 0 saturated carbocycles. The second-order valence-corrected chi connectivity index (χ2v) is 11.7. The Morgan fingerprint density at radius 2 is 1.43 bits per heavy atom. The summed E-state index contributed by atoms with van der Waals surface area (Å²) in [5, 5.41) is 9.86. The number of nitrogens with zero attached hydrogens (tertiary/aromatic N) is 4. The van der Waals surface area contributed by atoms with Gasteiger partial charge in [-0.15, -0.1) is 10.2 Å². The number of ether oxygens (including phenoxy) is 1. The Bertz CT molecular complexity index is 1640. The molecule has 2 heterocycles. The molecule has 5 aromatic rings. The van der Waals surface area contributed by atoms with Crippen LogP contribution in [0.1, 0.15) is 25.3 Å². The molecule has 0 saturated heterocycles. The molecule has 40 heavy (non-hydrogen) atoms. The van der Waals surface area contributed by atoms with Crippen molar-refractivity contribution in [1.29, 1.82) is 0 Å². The molecule has 8 heteroatoms. The molecule has 1 aliphatic rings. The van der Waals surface area contributed by atoms with Crippen LogP contribution in [0.4, 0.5) is 11.4 Å². The Kier molecular flexibility index (Phi) is 7.36. The molecule has 0 radical (unpaired) electrons. The first-order valence-electron chi connectivity index (χ1n) is 13.1. The molecule has 0 aliphatic carbocycles. The minimum Gasteiger partial charge on any atom is -0.497 e. The summed E-state index contributed by atoms with van der Waals surface area (Å²) < 4.78 is 7.43. The predicted molar refractivity (Wildman–Crippen MR) is 162 cm³/mol. The fraction of sp³-hybridized carbons (Fsp3) is 0.156. The van der Waals surface area contributed by atoms with Crippen molar-refractivity contribution in [1.82, 2.24) is 14.8 Å². The summed E-state index contributed by atoms with van der Waals surface area (Å²) in [5.41, 5.74) is 4.92. The van der Waals surface area contributed by atoms with Crippen LogP contribution in [0, 0.1) is 0 Å². The number of carbonyl (C=O) groups is 1. The Morgan fingerprint density at radius 1 is 0.825 bits per heavy atom. The van der Waals surface area contributed by atoms with E-state index in [4.69, 9.17) is 4.74 Å². The highest BCUT2D eigenvalue weighted by atomic mass is 32.2. The molecule has 4 aromatic carbocycles. The van der Waals surface area contributed by atoms with E-state index in [1.807, 2.05) is 71.6 Å². The summed E-state index contributed by atoms with van der Waals surface area (Å²) in [4.78, 5) is 17.9. The highest BCUT2D eigenvalue weighted by Gasteiger charge is 2.29. The van der Waals surface area contributed by atoms with Gasteiger partial charge in [0.15, 0.2) is 11.0 Å². The highest BCUT2D eigenvalue weighted by molar-refractivity contribution is 8.00. The number of para-hydroxylation sites is 3. The number of carbonyl (C=O) groups excluding carboxylic acids is 1. The quantitative estimate of drug-likeness (QED) is 0.187. The van der Waals surface area contributed by atoms with E-state index in [-0.39, 0.29) is 11.7 Å². The maximum atomic E-state index is 13.9. The zero-order valence-corrected chi connectivity index (χ0v) is 24.1. The Labute approximate surface area is 242 Å². The monoisotopic (exact) mass is 564 g/mol. The van der Waals surface area contributed by atoms with Crippen LogP contribution in [-0.4, -0.2) is 33.5 Å². The van der Waals surface area contributed by atoms with Gasteiger partial charge in [0, 0.05) is 15.4 Å². The number of rotatable bonds is 7. The third-order valence-electron chi connectivity index (χ3n) is 6.79. The van der Waals surface area contributed by atoms with Crippen molar-refractivity contribution in [2.75, 3.05) is 17.8 Å². The lowest BCUT2D eigenvalue weighted by Gasteiger charge is -2.31. The van der Waals surface area contributed by atoms with E-state index in [0.717, 1.165) is 44.0 Å². The average Bonchev–Trinajstić information content (AvgIpc) is 3.42. The summed E-state index contributed by atoms with van der Waals surface area (Å²) in [7, 11) is 1.65.